The van der Waals surface area contributed by atoms with Gasteiger partial charge >= 0.3 is 7.12 Å². The topological polar surface area (TPSA) is 36.9 Å². The van der Waals surface area contributed by atoms with Crippen LogP contribution in [-0.4, -0.2) is 31.5 Å². The molecule has 1 aromatic carbocycles. The highest BCUT2D eigenvalue weighted by Crippen LogP contribution is 2.41. The lowest BCUT2D eigenvalue weighted by molar-refractivity contribution is 0.00578. The zero-order valence-corrected chi connectivity index (χ0v) is 15.1. The fourth-order valence-electron chi connectivity index (χ4n) is 2.41. The van der Waals surface area contributed by atoms with Crippen LogP contribution in [0.1, 0.15) is 47.1 Å². The lowest BCUT2D eigenvalue weighted by atomic mass is 9.75. The van der Waals surface area contributed by atoms with Crippen molar-refractivity contribution in [3.05, 3.63) is 30.3 Å². The van der Waals surface area contributed by atoms with Gasteiger partial charge in [-0.1, -0.05) is 6.58 Å². The summed E-state index contributed by atoms with van der Waals surface area (Å²) in [5.41, 5.74) is 0.860. The number of rotatable bonds is 6. The summed E-state index contributed by atoms with van der Waals surface area (Å²) in [5, 5.41) is 0. The van der Waals surface area contributed by atoms with Gasteiger partial charge in [0.05, 0.1) is 24.4 Å². The lowest BCUT2D eigenvalue weighted by Gasteiger charge is -2.32. The van der Waals surface area contributed by atoms with E-state index in [0.717, 1.165) is 22.5 Å². The molecular formula is C18H27BO4. The van der Waals surface area contributed by atoms with Gasteiger partial charge in [-0.25, -0.2) is 0 Å². The molecule has 23 heavy (non-hydrogen) atoms. The molecular weight excluding hydrogens is 291 g/mol. The molecule has 0 spiro atoms. The monoisotopic (exact) mass is 318 g/mol. The molecule has 1 aliphatic heterocycles. The largest absolute Gasteiger partial charge is 0.494 e. The van der Waals surface area contributed by atoms with Crippen LogP contribution in [0.25, 0.3) is 5.47 Å². The Balaban J connectivity index is 2.29. The summed E-state index contributed by atoms with van der Waals surface area (Å²) in [6.45, 7) is 17.4. The molecule has 0 N–H and O–H groups in total. The van der Waals surface area contributed by atoms with Crippen LogP contribution >= 0.6 is 0 Å². The van der Waals surface area contributed by atoms with Crippen molar-refractivity contribution in [3.63, 3.8) is 0 Å². The van der Waals surface area contributed by atoms with E-state index in [0.29, 0.717) is 13.2 Å². The van der Waals surface area contributed by atoms with Crippen molar-refractivity contribution < 1.29 is 18.8 Å². The Hall–Kier alpha value is -1.46. The smallest absolute Gasteiger partial charge is 0.494 e. The van der Waals surface area contributed by atoms with Gasteiger partial charge in [0.25, 0.3) is 0 Å². The van der Waals surface area contributed by atoms with E-state index < -0.39 is 18.3 Å². The minimum absolute atomic E-state index is 0.391. The van der Waals surface area contributed by atoms with Crippen LogP contribution in [0.4, 0.5) is 0 Å². The van der Waals surface area contributed by atoms with E-state index in [2.05, 4.69) is 6.58 Å². The summed E-state index contributed by atoms with van der Waals surface area (Å²) in [7, 11) is -0.489. The van der Waals surface area contributed by atoms with Gasteiger partial charge in [0.15, 0.2) is 0 Å². The first-order valence-corrected chi connectivity index (χ1v) is 8.16. The first kappa shape index (κ1) is 17.9. The Morgan fingerprint density at radius 2 is 1.61 bits per heavy atom. The molecule has 0 unspecified atom stereocenters. The molecule has 0 amide bonds. The maximum atomic E-state index is 6.08. The van der Waals surface area contributed by atoms with Crippen molar-refractivity contribution in [3.8, 4) is 11.5 Å². The maximum absolute atomic E-state index is 6.08. The van der Waals surface area contributed by atoms with Crippen LogP contribution in [0.3, 0.4) is 0 Å². The second-order valence-corrected chi connectivity index (χ2v) is 6.64. The zero-order chi connectivity index (χ0) is 17.3. The first-order valence-electron chi connectivity index (χ1n) is 8.16. The zero-order valence-electron chi connectivity index (χ0n) is 15.1. The van der Waals surface area contributed by atoms with Crippen molar-refractivity contribution in [2.75, 3.05) is 13.2 Å². The predicted molar refractivity (Wildman–Crippen MR) is 93.9 cm³/mol. The highest BCUT2D eigenvalue weighted by molar-refractivity contribution is 6.68. The Morgan fingerprint density at radius 3 is 2.13 bits per heavy atom. The van der Waals surface area contributed by atoms with Crippen LogP contribution in [0.5, 0.6) is 11.5 Å². The number of benzene rings is 1. The van der Waals surface area contributed by atoms with Crippen LogP contribution in [-0.2, 0) is 9.31 Å². The Labute approximate surface area is 139 Å². The maximum Gasteiger partial charge on any atom is 0.494 e. The average molecular weight is 318 g/mol. The third-order valence-electron chi connectivity index (χ3n) is 4.45. The molecule has 0 radical (unpaired) electrons. The average Bonchev–Trinajstić information content (AvgIpc) is 2.68. The summed E-state index contributed by atoms with van der Waals surface area (Å²) in [5.74, 6) is 1.51. The van der Waals surface area contributed by atoms with E-state index in [4.69, 9.17) is 18.8 Å². The van der Waals surface area contributed by atoms with Crippen LogP contribution in [0, 0.1) is 0 Å². The Morgan fingerprint density at radius 1 is 1.04 bits per heavy atom. The van der Waals surface area contributed by atoms with Crippen LogP contribution in [0.15, 0.2) is 24.8 Å². The van der Waals surface area contributed by atoms with E-state index in [1.165, 1.54) is 0 Å². The van der Waals surface area contributed by atoms with Gasteiger partial charge in [-0.05, 0) is 59.1 Å². The summed E-state index contributed by atoms with van der Waals surface area (Å²) in [6, 6.07) is 5.75. The number of hydrogen-bond acceptors (Lipinski definition) is 4. The molecule has 1 fully saturated rings. The second kappa shape index (κ2) is 6.58. The van der Waals surface area contributed by atoms with E-state index in [9.17, 15) is 0 Å². The number of ether oxygens (including phenoxy) is 2. The Kier molecular flexibility index (Phi) is 5.12. The van der Waals surface area contributed by atoms with E-state index >= 15 is 0 Å². The van der Waals surface area contributed by atoms with Crippen molar-refractivity contribution in [1.29, 1.82) is 0 Å². The molecule has 2 rings (SSSR count). The highest BCUT2D eigenvalue weighted by Gasteiger charge is 2.52. The minimum Gasteiger partial charge on any atom is -0.494 e. The minimum atomic E-state index is -0.489. The molecule has 0 atom stereocenters. The third kappa shape index (κ3) is 3.56. The van der Waals surface area contributed by atoms with Gasteiger partial charge in [0.2, 0.25) is 0 Å². The SMILES string of the molecule is C=C(B1OC(C)(C)C(C)(C)O1)c1ccc(OCC)cc1OCC. The summed E-state index contributed by atoms with van der Waals surface area (Å²) in [6.07, 6.45) is 0. The molecule has 0 aliphatic carbocycles. The van der Waals surface area contributed by atoms with Crippen LogP contribution < -0.4 is 9.47 Å². The third-order valence-corrected chi connectivity index (χ3v) is 4.45. The fourth-order valence-corrected chi connectivity index (χ4v) is 2.41. The molecule has 1 heterocycles. The van der Waals surface area contributed by atoms with Crippen LogP contribution in [0.2, 0.25) is 0 Å². The molecule has 5 heteroatoms. The van der Waals surface area contributed by atoms with Gasteiger partial charge in [0.1, 0.15) is 11.5 Å². The summed E-state index contributed by atoms with van der Waals surface area (Å²) >= 11 is 0. The highest BCUT2D eigenvalue weighted by atomic mass is 16.7. The van der Waals surface area contributed by atoms with E-state index in [1.807, 2.05) is 59.7 Å². The first-order chi connectivity index (χ1) is 10.7. The van der Waals surface area contributed by atoms with Gasteiger partial charge in [-0.3, -0.25) is 0 Å². The molecule has 1 aliphatic rings. The van der Waals surface area contributed by atoms with Crippen molar-refractivity contribution in [1.82, 2.24) is 0 Å². The predicted octanol–water partition coefficient (Wildman–Crippen LogP) is 4.13. The van der Waals surface area contributed by atoms with Gasteiger partial charge in [0, 0.05) is 11.6 Å². The standard InChI is InChI=1S/C18H27BO4/c1-8-20-14-10-11-15(16(12-14)21-9-2)13(3)19-22-17(4,5)18(6,7)23-19/h10-12H,3,8-9H2,1-2,4-7H3. The molecule has 1 aromatic rings. The summed E-state index contributed by atoms with van der Waals surface area (Å²) < 4.78 is 23.5. The Bertz CT molecular complexity index is 564. The molecule has 126 valence electrons. The molecule has 1 saturated heterocycles. The second-order valence-electron chi connectivity index (χ2n) is 6.64. The molecule has 0 aromatic heterocycles. The van der Waals surface area contributed by atoms with E-state index in [-0.39, 0.29) is 0 Å². The summed E-state index contributed by atoms with van der Waals surface area (Å²) in [4.78, 5) is 0. The molecule has 4 nitrogen and oxygen atoms in total. The van der Waals surface area contributed by atoms with Gasteiger partial charge in [-0.15, -0.1) is 0 Å². The van der Waals surface area contributed by atoms with Gasteiger partial charge in [-0.2, -0.15) is 0 Å². The fraction of sp³-hybridized carbons (Fsp3) is 0.556. The van der Waals surface area contributed by atoms with Crippen molar-refractivity contribution >= 4 is 12.6 Å². The van der Waals surface area contributed by atoms with Crippen molar-refractivity contribution in [2.45, 2.75) is 52.7 Å². The van der Waals surface area contributed by atoms with E-state index in [1.54, 1.807) is 0 Å². The normalized spacial score (nSPS) is 18.8. The molecule has 0 bridgehead atoms. The molecule has 0 saturated carbocycles. The van der Waals surface area contributed by atoms with Gasteiger partial charge < -0.3 is 18.8 Å². The quantitative estimate of drug-likeness (QED) is 0.739. The lowest BCUT2D eigenvalue weighted by Crippen LogP contribution is -2.41. The van der Waals surface area contributed by atoms with Crippen molar-refractivity contribution in [2.24, 2.45) is 0 Å². The number of hydrogen-bond donors (Lipinski definition) is 0.